The van der Waals surface area contributed by atoms with Gasteiger partial charge in [-0.15, -0.1) is 0 Å². The topological polar surface area (TPSA) is 26.3 Å². The van der Waals surface area contributed by atoms with E-state index in [0.717, 1.165) is 0 Å². The van der Waals surface area contributed by atoms with Crippen molar-refractivity contribution in [2.75, 3.05) is 7.11 Å². The number of ether oxygens (including phenoxy) is 1. The van der Waals surface area contributed by atoms with Crippen molar-refractivity contribution in [1.29, 1.82) is 0 Å². The second-order valence-electron chi connectivity index (χ2n) is 3.66. The van der Waals surface area contributed by atoms with E-state index >= 15 is 0 Å². The SMILES string of the molecule is COc1cccc(C(=O)c2cccc(F)c2Cl)c1. The molecular weight excluding hydrogens is 255 g/mol. The Balaban J connectivity index is 2.44. The van der Waals surface area contributed by atoms with Crippen LogP contribution in [-0.4, -0.2) is 12.9 Å². The van der Waals surface area contributed by atoms with E-state index in [4.69, 9.17) is 16.3 Å². The maximum atomic E-state index is 13.3. The van der Waals surface area contributed by atoms with Gasteiger partial charge in [-0.3, -0.25) is 4.79 Å². The molecule has 2 rings (SSSR count). The molecule has 0 atom stereocenters. The number of methoxy groups -OCH3 is 1. The quantitative estimate of drug-likeness (QED) is 0.790. The van der Waals surface area contributed by atoms with E-state index in [-0.39, 0.29) is 16.4 Å². The summed E-state index contributed by atoms with van der Waals surface area (Å²) in [6, 6.07) is 10.8. The summed E-state index contributed by atoms with van der Waals surface area (Å²) in [7, 11) is 1.51. The van der Waals surface area contributed by atoms with Crippen molar-refractivity contribution in [1.82, 2.24) is 0 Å². The maximum absolute atomic E-state index is 13.3. The zero-order valence-electron chi connectivity index (χ0n) is 9.61. The standard InChI is InChI=1S/C14H10ClFO2/c1-18-10-5-2-4-9(8-10)14(17)11-6-3-7-12(16)13(11)15/h2-8H,1H3. The third-order valence-corrected chi connectivity index (χ3v) is 2.91. The van der Waals surface area contributed by atoms with E-state index in [0.29, 0.717) is 11.3 Å². The van der Waals surface area contributed by atoms with E-state index in [1.807, 2.05) is 0 Å². The summed E-state index contributed by atoms with van der Waals surface area (Å²) >= 11 is 5.78. The molecule has 0 aliphatic rings. The van der Waals surface area contributed by atoms with Gasteiger partial charge in [-0.1, -0.05) is 29.8 Å². The van der Waals surface area contributed by atoms with Crippen LogP contribution < -0.4 is 4.74 Å². The predicted molar refractivity (Wildman–Crippen MR) is 67.8 cm³/mol. The summed E-state index contributed by atoms with van der Waals surface area (Å²) in [5.74, 6) is -0.378. The van der Waals surface area contributed by atoms with Gasteiger partial charge in [0.15, 0.2) is 5.78 Å². The van der Waals surface area contributed by atoms with Crippen molar-refractivity contribution in [3.8, 4) is 5.75 Å². The molecule has 0 saturated heterocycles. The van der Waals surface area contributed by atoms with Crippen LogP contribution in [0.2, 0.25) is 5.02 Å². The molecule has 0 spiro atoms. The molecule has 0 N–H and O–H groups in total. The first-order valence-electron chi connectivity index (χ1n) is 5.26. The highest BCUT2D eigenvalue weighted by Crippen LogP contribution is 2.23. The van der Waals surface area contributed by atoms with E-state index in [9.17, 15) is 9.18 Å². The Kier molecular flexibility index (Phi) is 3.63. The van der Waals surface area contributed by atoms with Gasteiger partial charge in [0.2, 0.25) is 0 Å². The van der Waals surface area contributed by atoms with Crippen LogP contribution >= 0.6 is 11.6 Å². The lowest BCUT2D eigenvalue weighted by molar-refractivity contribution is 0.103. The van der Waals surface area contributed by atoms with Gasteiger partial charge in [-0.05, 0) is 24.3 Å². The van der Waals surface area contributed by atoms with Crippen LogP contribution in [0.25, 0.3) is 0 Å². The van der Waals surface area contributed by atoms with Crippen LogP contribution in [-0.2, 0) is 0 Å². The molecule has 0 bridgehead atoms. The average Bonchev–Trinajstić information content (AvgIpc) is 2.41. The summed E-state index contributed by atoms with van der Waals surface area (Å²) in [5.41, 5.74) is 0.548. The maximum Gasteiger partial charge on any atom is 0.194 e. The predicted octanol–water partition coefficient (Wildman–Crippen LogP) is 3.72. The lowest BCUT2D eigenvalue weighted by Crippen LogP contribution is -2.03. The Morgan fingerprint density at radius 1 is 1.22 bits per heavy atom. The minimum absolute atomic E-state index is 0.143. The molecule has 2 nitrogen and oxygen atoms in total. The molecule has 2 aromatic carbocycles. The van der Waals surface area contributed by atoms with Crippen LogP contribution in [0.15, 0.2) is 42.5 Å². The first kappa shape index (κ1) is 12.6. The summed E-state index contributed by atoms with van der Waals surface area (Å²) < 4.78 is 18.3. The Hall–Kier alpha value is -1.87. The van der Waals surface area contributed by atoms with Crippen LogP contribution in [0.3, 0.4) is 0 Å². The molecule has 0 radical (unpaired) electrons. The number of carbonyl (C=O) groups is 1. The van der Waals surface area contributed by atoms with Gasteiger partial charge < -0.3 is 4.74 Å². The van der Waals surface area contributed by atoms with E-state index in [1.165, 1.54) is 25.3 Å². The molecule has 0 aromatic heterocycles. The Labute approximate surface area is 109 Å². The fourth-order valence-corrected chi connectivity index (χ4v) is 1.81. The van der Waals surface area contributed by atoms with E-state index < -0.39 is 5.82 Å². The van der Waals surface area contributed by atoms with Crippen LogP contribution in [0.5, 0.6) is 5.75 Å². The Morgan fingerprint density at radius 2 is 1.94 bits per heavy atom. The lowest BCUT2D eigenvalue weighted by Gasteiger charge is -2.06. The highest BCUT2D eigenvalue weighted by atomic mass is 35.5. The van der Waals surface area contributed by atoms with E-state index in [1.54, 1.807) is 24.3 Å². The van der Waals surface area contributed by atoms with E-state index in [2.05, 4.69) is 0 Å². The molecule has 0 unspecified atom stereocenters. The van der Waals surface area contributed by atoms with Gasteiger partial charge in [0.25, 0.3) is 0 Å². The number of ketones is 1. The number of rotatable bonds is 3. The average molecular weight is 265 g/mol. The van der Waals surface area contributed by atoms with Crippen LogP contribution in [0, 0.1) is 5.82 Å². The van der Waals surface area contributed by atoms with Crippen LogP contribution in [0.4, 0.5) is 4.39 Å². The van der Waals surface area contributed by atoms with Gasteiger partial charge in [-0.2, -0.15) is 0 Å². The number of benzene rings is 2. The zero-order chi connectivity index (χ0) is 13.1. The fraction of sp³-hybridized carbons (Fsp3) is 0.0714. The van der Waals surface area contributed by atoms with Crippen LogP contribution in [0.1, 0.15) is 15.9 Å². The molecule has 0 aliphatic carbocycles. The highest BCUT2D eigenvalue weighted by molar-refractivity contribution is 6.35. The smallest absolute Gasteiger partial charge is 0.194 e. The van der Waals surface area contributed by atoms with Gasteiger partial charge >= 0.3 is 0 Å². The second-order valence-corrected chi connectivity index (χ2v) is 4.04. The van der Waals surface area contributed by atoms with Gasteiger partial charge in [-0.25, -0.2) is 4.39 Å². The van der Waals surface area contributed by atoms with Crippen molar-refractivity contribution >= 4 is 17.4 Å². The molecular formula is C14H10ClFO2. The monoisotopic (exact) mass is 264 g/mol. The number of hydrogen-bond acceptors (Lipinski definition) is 2. The molecule has 0 aliphatic heterocycles. The summed E-state index contributed by atoms with van der Waals surface area (Å²) in [6.45, 7) is 0. The Bertz CT molecular complexity index is 596. The molecule has 18 heavy (non-hydrogen) atoms. The molecule has 0 saturated carbocycles. The largest absolute Gasteiger partial charge is 0.497 e. The zero-order valence-corrected chi connectivity index (χ0v) is 10.4. The molecule has 2 aromatic rings. The normalized spacial score (nSPS) is 10.2. The van der Waals surface area contributed by atoms with Gasteiger partial charge in [0, 0.05) is 11.1 Å². The van der Waals surface area contributed by atoms with Crippen molar-refractivity contribution in [2.45, 2.75) is 0 Å². The molecule has 0 fully saturated rings. The molecule has 4 heteroatoms. The number of carbonyl (C=O) groups excluding carboxylic acids is 1. The summed E-state index contributed by atoms with van der Waals surface area (Å²) in [6.07, 6.45) is 0. The minimum Gasteiger partial charge on any atom is -0.497 e. The first-order chi connectivity index (χ1) is 8.63. The fourth-order valence-electron chi connectivity index (χ4n) is 1.60. The lowest BCUT2D eigenvalue weighted by atomic mass is 10.0. The minimum atomic E-state index is -0.606. The van der Waals surface area contributed by atoms with Crippen molar-refractivity contribution < 1.29 is 13.9 Å². The molecule has 92 valence electrons. The summed E-state index contributed by atoms with van der Waals surface area (Å²) in [5, 5.41) is -0.162. The third kappa shape index (κ3) is 2.36. The van der Waals surface area contributed by atoms with Crippen molar-refractivity contribution in [3.05, 3.63) is 64.4 Å². The molecule has 0 heterocycles. The van der Waals surface area contributed by atoms with Gasteiger partial charge in [0.1, 0.15) is 11.6 Å². The number of halogens is 2. The van der Waals surface area contributed by atoms with Crippen molar-refractivity contribution in [2.24, 2.45) is 0 Å². The summed E-state index contributed by atoms with van der Waals surface area (Å²) in [4.78, 5) is 12.2. The number of hydrogen-bond donors (Lipinski definition) is 0. The third-order valence-electron chi connectivity index (χ3n) is 2.53. The molecule has 0 amide bonds. The highest BCUT2D eigenvalue weighted by Gasteiger charge is 2.15. The van der Waals surface area contributed by atoms with Gasteiger partial charge in [0.05, 0.1) is 12.1 Å². The van der Waals surface area contributed by atoms with Crippen molar-refractivity contribution in [3.63, 3.8) is 0 Å². The Morgan fingerprint density at radius 3 is 2.67 bits per heavy atom. The first-order valence-corrected chi connectivity index (χ1v) is 5.64. The second kappa shape index (κ2) is 5.19.